The summed E-state index contributed by atoms with van der Waals surface area (Å²) < 4.78 is 5.43. The number of rotatable bonds is 2. The summed E-state index contributed by atoms with van der Waals surface area (Å²) in [4.78, 5) is 11.0. The van der Waals surface area contributed by atoms with Gasteiger partial charge in [-0.15, -0.1) is 0 Å². The van der Waals surface area contributed by atoms with Crippen molar-refractivity contribution in [3.63, 3.8) is 0 Å². The molecule has 74 valence electrons. The summed E-state index contributed by atoms with van der Waals surface area (Å²) in [6.07, 6.45) is 0.886. The Morgan fingerprint density at radius 3 is 2.64 bits per heavy atom. The average Bonchev–Trinajstić information content (AvgIpc) is 2.14. The van der Waals surface area contributed by atoms with Crippen LogP contribution in [0.2, 0.25) is 0 Å². The van der Waals surface area contributed by atoms with Crippen LogP contribution in [0.1, 0.15) is 29.3 Å². The molecule has 1 aromatic rings. The van der Waals surface area contributed by atoms with E-state index in [-0.39, 0.29) is 0 Å². The van der Waals surface area contributed by atoms with Gasteiger partial charge in [-0.25, -0.2) is 4.79 Å². The highest BCUT2D eigenvalue weighted by Gasteiger charge is 2.37. The number of benzene rings is 1. The van der Waals surface area contributed by atoms with Crippen molar-refractivity contribution < 1.29 is 14.6 Å². The zero-order valence-electron chi connectivity index (χ0n) is 7.99. The van der Waals surface area contributed by atoms with E-state index in [1.807, 2.05) is 19.1 Å². The normalized spacial score (nSPS) is 25.5. The van der Waals surface area contributed by atoms with Gasteiger partial charge in [-0.3, -0.25) is 0 Å². The third-order valence-electron chi connectivity index (χ3n) is 2.73. The maximum Gasteiger partial charge on any atom is 0.336 e. The molecule has 0 spiro atoms. The van der Waals surface area contributed by atoms with Crippen molar-refractivity contribution >= 4 is 5.97 Å². The minimum atomic E-state index is -0.891. The summed E-state index contributed by atoms with van der Waals surface area (Å²) in [6.45, 7) is 2.64. The molecule has 0 bridgehead atoms. The first-order chi connectivity index (χ1) is 6.63. The third kappa shape index (κ3) is 1.30. The number of hydrogen-bond donors (Lipinski definition) is 1. The molecule has 0 radical (unpaired) electrons. The van der Waals surface area contributed by atoms with Crippen molar-refractivity contribution in [1.29, 1.82) is 0 Å². The molecule has 1 aliphatic rings. The van der Waals surface area contributed by atoms with Gasteiger partial charge in [0.05, 0.1) is 17.8 Å². The van der Waals surface area contributed by atoms with E-state index in [1.54, 1.807) is 12.1 Å². The first-order valence-electron chi connectivity index (χ1n) is 4.60. The van der Waals surface area contributed by atoms with Crippen LogP contribution in [-0.4, -0.2) is 17.7 Å². The summed E-state index contributed by atoms with van der Waals surface area (Å²) in [7, 11) is 0. The predicted molar refractivity (Wildman–Crippen MR) is 51.3 cm³/mol. The molecule has 1 atom stereocenters. The molecule has 0 aliphatic carbocycles. The number of carboxylic acid groups (broad SMARTS) is 1. The van der Waals surface area contributed by atoms with Crippen molar-refractivity contribution in [1.82, 2.24) is 0 Å². The fraction of sp³-hybridized carbons (Fsp3) is 0.364. The number of aromatic carboxylic acids is 1. The Morgan fingerprint density at radius 1 is 1.50 bits per heavy atom. The van der Waals surface area contributed by atoms with E-state index in [4.69, 9.17) is 9.84 Å². The van der Waals surface area contributed by atoms with E-state index >= 15 is 0 Å². The highest BCUT2D eigenvalue weighted by atomic mass is 16.5. The second-order valence-electron chi connectivity index (χ2n) is 3.68. The second-order valence-corrected chi connectivity index (χ2v) is 3.68. The Hall–Kier alpha value is -1.35. The molecule has 1 heterocycles. The highest BCUT2D eigenvalue weighted by Crippen LogP contribution is 2.38. The molecule has 3 nitrogen and oxygen atoms in total. The SMILES string of the molecule is CC1(c2ccccc2C(=O)O)CCO1. The largest absolute Gasteiger partial charge is 0.478 e. The van der Waals surface area contributed by atoms with Crippen LogP contribution in [0.3, 0.4) is 0 Å². The number of ether oxygens (including phenoxy) is 1. The lowest BCUT2D eigenvalue weighted by atomic mass is 9.85. The summed E-state index contributed by atoms with van der Waals surface area (Å²) in [5, 5.41) is 8.99. The Bertz CT molecular complexity index is 367. The van der Waals surface area contributed by atoms with Crippen LogP contribution in [-0.2, 0) is 10.3 Å². The Balaban J connectivity index is 2.46. The van der Waals surface area contributed by atoms with Crippen LogP contribution in [0.15, 0.2) is 24.3 Å². The van der Waals surface area contributed by atoms with Crippen LogP contribution in [0.25, 0.3) is 0 Å². The number of carbonyl (C=O) groups is 1. The molecule has 14 heavy (non-hydrogen) atoms. The van der Waals surface area contributed by atoms with Gasteiger partial charge in [-0.1, -0.05) is 18.2 Å². The standard InChI is InChI=1S/C11H12O3/c1-11(6-7-14-11)9-5-3-2-4-8(9)10(12)13/h2-5H,6-7H2,1H3,(H,12,13). The second kappa shape index (κ2) is 3.10. The lowest BCUT2D eigenvalue weighted by Crippen LogP contribution is -2.38. The third-order valence-corrected chi connectivity index (χ3v) is 2.73. The van der Waals surface area contributed by atoms with E-state index in [0.717, 1.165) is 12.0 Å². The van der Waals surface area contributed by atoms with Gasteiger partial charge >= 0.3 is 5.97 Å². The van der Waals surface area contributed by atoms with E-state index in [9.17, 15) is 4.79 Å². The quantitative estimate of drug-likeness (QED) is 0.779. The van der Waals surface area contributed by atoms with Crippen molar-refractivity contribution in [2.45, 2.75) is 18.9 Å². The Labute approximate surface area is 82.3 Å². The smallest absolute Gasteiger partial charge is 0.336 e. The van der Waals surface area contributed by atoms with Gasteiger partial charge in [0.2, 0.25) is 0 Å². The van der Waals surface area contributed by atoms with Gasteiger partial charge in [0.15, 0.2) is 0 Å². The monoisotopic (exact) mass is 192 g/mol. The van der Waals surface area contributed by atoms with E-state index < -0.39 is 11.6 Å². The molecule has 1 aliphatic heterocycles. The zero-order chi connectivity index (χ0) is 10.2. The van der Waals surface area contributed by atoms with Crippen molar-refractivity contribution in [2.24, 2.45) is 0 Å². The van der Waals surface area contributed by atoms with Crippen LogP contribution >= 0.6 is 0 Å². The molecular weight excluding hydrogens is 180 g/mol. The molecule has 1 fully saturated rings. The summed E-state index contributed by atoms with van der Waals surface area (Å²) in [5.74, 6) is -0.891. The van der Waals surface area contributed by atoms with Gasteiger partial charge in [0.25, 0.3) is 0 Å². The number of carboxylic acids is 1. The molecule has 1 aromatic carbocycles. The minimum Gasteiger partial charge on any atom is -0.478 e. The van der Waals surface area contributed by atoms with Gasteiger partial charge in [0.1, 0.15) is 0 Å². The average molecular weight is 192 g/mol. The fourth-order valence-corrected chi connectivity index (χ4v) is 1.75. The first-order valence-corrected chi connectivity index (χ1v) is 4.60. The van der Waals surface area contributed by atoms with Gasteiger partial charge in [-0.05, 0) is 18.6 Å². The van der Waals surface area contributed by atoms with E-state index in [0.29, 0.717) is 12.2 Å². The molecule has 1 N–H and O–H groups in total. The Morgan fingerprint density at radius 2 is 2.14 bits per heavy atom. The fourth-order valence-electron chi connectivity index (χ4n) is 1.75. The molecule has 0 amide bonds. The molecule has 1 unspecified atom stereocenters. The number of hydrogen-bond acceptors (Lipinski definition) is 2. The summed E-state index contributed by atoms with van der Waals surface area (Å²) in [5.41, 5.74) is 0.725. The zero-order valence-corrected chi connectivity index (χ0v) is 7.99. The maximum atomic E-state index is 11.0. The van der Waals surface area contributed by atoms with Gasteiger partial charge in [0, 0.05) is 6.42 Å². The van der Waals surface area contributed by atoms with E-state index in [1.165, 1.54) is 0 Å². The molecule has 1 saturated heterocycles. The maximum absolute atomic E-state index is 11.0. The summed E-state index contributed by atoms with van der Waals surface area (Å²) >= 11 is 0. The van der Waals surface area contributed by atoms with Gasteiger partial charge < -0.3 is 9.84 Å². The first kappa shape index (κ1) is 9.21. The lowest BCUT2D eigenvalue weighted by molar-refractivity contribution is -0.141. The Kier molecular flexibility index (Phi) is 2.04. The van der Waals surface area contributed by atoms with Crippen LogP contribution in [0, 0.1) is 0 Å². The minimum absolute atomic E-state index is 0.342. The molecule has 2 rings (SSSR count). The van der Waals surface area contributed by atoms with E-state index in [2.05, 4.69) is 0 Å². The topological polar surface area (TPSA) is 46.5 Å². The van der Waals surface area contributed by atoms with Gasteiger partial charge in [-0.2, -0.15) is 0 Å². The lowest BCUT2D eigenvalue weighted by Gasteiger charge is -2.39. The summed E-state index contributed by atoms with van der Waals surface area (Å²) in [6, 6.07) is 7.01. The van der Waals surface area contributed by atoms with Crippen molar-refractivity contribution in [3.8, 4) is 0 Å². The van der Waals surface area contributed by atoms with Crippen molar-refractivity contribution in [3.05, 3.63) is 35.4 Å². The van der Waals surface area contributed by atoms with Crippen LogP contribution < -0.4 is 0 Å². The molecular formula is C11H12O3. The van der Waals surface area contributed by atoms with Crippen molar-refractivity contribution in [2.75, 3.05) is 6.61 Å². The molecule has 3 heteroatoms. The van der Waals surface area contributed by atoms with Crippen LogP contribution in [0.5, 0.6) is 0 Å². The molecule has 0 saturated carbocycles. The predicted octanol–water partition coefficient (Wildman–Crippen LogP) is 2.02. The molecule has 0 aromatic heterocycles. The van der Waals surface area contributed by atoms with Crippen LogP contribution in [0.4, 0.5) is 0 Å². The highest BCUT2D eigenvalue weighted by molar-refractivity contribution is 5.89.